The standard InChI is InChI=1S/C18H27NO4/c1-21-15-11-13(12-16(22-2)17(15)23-3)9-10-19-18(20)14-7-5-4-6-8-14/h11-12,14H,4-10H2,1-3H3,(H,19,20). The predicted octanol–water partition coefficient (Wildman–Crippen LogP) is 2.95. The average Bonchev–Trinajstić information content (AvgIpc) is 2.61. The van der Waals surface area contributed by atoms with Crippen LogP contribution in [0.15, 0.2) is 12.1 Å². The van der Waals surface area contributed by atoms with Crippen LogP contribution in [-0.2, 0) is 11.2 Å². The number of carbonyl (C=O) groups excluding carboxylic acids is 1. The van der Waals surface area contributed by atoms with Gasteiger partial charge in [0, 0.05) is 12.5 Å². The maximum atomic E-state index is 12.2. The lowest BCUT2D eigenvalue weighted by Crippen LogP contribution is -2.33. The van der Waals surface area contributed by atoms with E-state index in [0.717, 1.165) is 24.8 Å². The minimum Gasteiger partial charge on any atom is -0.493 e. The molecule has 0 aliphatic heterocycles. The first-order valence-electron chi connectivity index (χ1n) is 8.26. The second-order valence-corrected chi connectivity index (χ2v) is 5.91. The fourth-order valence-corrected chi connectivity index (χ4v) is 3.12. The molecule has 0 atom stereocenters. The molecule has 1 saturated carbocycles. The molecular weight excluding hydrogens is 294 g/mol. The number of hydrogen-bond acceptors (Lipinski definition) is 4. The molecule has 0 spiro atoms. The van der Waals surface area contributed by atoms with Gasteiger partial charge in [0.1, 0.15) is 0 Å². The largest absolute Gasteiger partial charge is 0.493 e. The quantitative estimate of drug-likeness (QED) is 0.839. The van der Waals surface area contributed by atoms with Crippen molar-refractivity contribution < 1.29 is 19.0 Å². The van der Waals surface area contributed by atoms with Crippen LogP contribution in [0.2, 0.25) is 0 Å². The second-order valence-electron chi connectivity index (χ2n) is 5.91. The van der Waals surface area contributed by atoms with Crippen LogP contribution in [0.4, 0.5) is 0 Å². The first-order chi connectivity index (χ1) is 11.2. The van der Waals surface area contributed by atoms with E-state index in [9.17, 15) is 4.79 Å². The SMILES string of the molecule is COc1cc(CCNC(=O)C2CCCCC2)cc(OC)c1OC. The van der Waals surface area contributed by atoms with Crippen LogP contribution in [-0.4, -0.2) is 33.8 Å². The van der Waals surface area contributed by atoms with Gasteiger partial charge in [0.2, 0.25) is 11.7 Å². The molecule has 0 saturated heterocycles. The van der Waals surface area contributed by atoms with Gasteiger partial charge in [-0.05, 0) is 37.0 Å². The highest BCUT2D eigenvalue weighted by Crippen LogP contribution is 2.38. The number of methoxy groups -OCH3 is 3. The van der Waals surface area contributed by atoms with Crippen molar-refractivity contribution in [3.63, 3.8) is 0 Å². The van der Waals surface area contributed by atoms with Crippen molar-refractivity contribution in [3.05, 3.63) is 17.7 Å². The normalized spacial score (nSPS) is 15.1. The molecule has 0 aromatic heterocycles. The first kappa shape index (κ1) is 17.4. The first-order valence-corrected chi connectivity index (χ1v) is 8.26. The van der Waals surface area contributed by atoms with Gasteiger partial charge in [-0.15, -0.1) is 0 Å². The summed E-state index contributed by atoms with van der Waals surface area (Å²) in [4.78, 5) is 12.2. The lowest BCUT2D eigenvalue weighted by molar-refractivity contribution is -0.125. The van der Waals surface area contributed by atoms with Crippen molar-refractivity contribution in [2.45, 2.75) is 38.5 Å². The lowest BCUT2D eigenvalue weighted by Gasteiger charge is -2.20. The highest BCUT2D eigenvalue weighted by Gasteiger charge is 2.20. The van der Waals surface area contributed by atoms with Crippen LogP contribution in [0.5, 0.6) is 17.2 Å². The fourth-order valence-electron chi connectivity index (χ4n) is 3.12. The zero-order valence-electron chi connectivity index (χ0n) is 14.3. The molecule has 0 unspecified atom stereocenters. The van der Waals surface area contributed by atoms with Gasteiger partial charge in [-0.2, -0.15) is 0 Å². The summed E-state index contributed by atoms with van der Waals surface area (Å²) in [5.74, 6) is 2.26. The van der Waals surface area contributed by atoms with Gasteiger partial charge in [-0.1, -0.05) is 19.3 Å². The van der Waals surface area contributed by atoms with E-state index in [4.69, 9.17) is 14.2 Å². The smallest absolute Gasteiger partial charge is 0.223 e. The molecule has 1 aromatic carbocycles. The van der Waals surface area contributed by atoms with Gasteiger partial charge in [0.25, 0.3) is 0 Å². The lowest BCUT2D eigenvalue weighted by atomic mass is 9.88. The maximum Gasteiger partial charge on any atom is 0.223 e. The Balaban J connectivity index is 1.93. The fraction of sp³-hybridized carbons (Fsp3) is 0.611. The Bertz CT molecular complexity index is 499. The van der Waals surface area contributed by atoms with Gasteiger partial charge >= 0.3 is 0 Å². The van der Waals surface area contributed by atoms with Crippen LogP contribution in [0.25, 0.3) is 0 Å². The highest BCUT2D eigenvalue weighted by molar-refractivity contribution is 5.78. The molecule has 1 N–H and O–H groups in total. The summed E-state index contributed by atoms with van der Waals surface area (Å²) in [6.07, 6.45) is 6.38. The van der Waals surface area contributed by atoms with Crippen LogP contribution in [0.1, 0.15) is 37.7 Å². The number of nitrogens with one attached hydrogen (secondary N) is 1. The molecule has 0 bridgehead atoms. The minimum atomic E-state index is 0.192. The molecular formula is C18H27NO4. The van der Waals surface area contributed by atoms with Crippen molar-refractivity contribution >= 4 is 5.91 Å². The molecule has 1 aromatic rings. The number of carbonyl (C=O) groups is 1. The summed E-state index contributed by atoms with van der Waals surface area (Å²) in [7, 11) is 4.79. The minimum absolute atomic E-state index is 0.192. The van der Waals surface area contributed by atoms with Gasteiger partial charge < -0.3 is 19.5 Å². The molecule has 1 aliphatic carbocycles. The van der Waals surface area contributed by atoms with E-state index >= 15 is 0 Å². The van der Waals surface area contributed by atoms with E-state index in [1.54, 1.807) is 21.3 Å². The summed E-state index contributed by atoms with van der Waals surface area (Å²) in [6, 6.07) is 3.85. The Labute approximate surface area is 138 Å². The van der Waals surface area contributed by atoms with E-state index in [-0.39, 0.29) is 11.8 Å². The molecule has 23 heavy (non-hydrogen) atoms. The molecule has 1 amide bonds. The monoisotopic (exact) mass is 321 g/mol. The van der Waals surface area contributed by atoms with Gasteiger partial charge in [-0.3, -0.25) is 4.79 Å². The predicted molar refractivity (Wildman–Crippen MR) is 89.4 cm³/mol. The zero-order chi connectivity index (χ0) is 16.7. The number of rotatable bonds is 7. The Morgan fingerprint density at radius 2 is 1.65 bits per heavy atom. The number of benzene rings is 1. The van der Waals surface area contributed by atoms with Crippen molar-refractivity contribution in [3.8, 4) is 17.2 Å². The summed E-state index contributed by atoms with van der Waals surface area (Å²) < 4.78 is 16.0. The van der Waals surface area contributed by atoms with Crippen molar-refractivity contribution in [1.82, 2.24) is 5.32 Å². The van der Waals surface area contributed by atoms with Crippen molar-refractivity contribution in [2.75, 3.05) is 27.9 Å². The van der Waals surface area contributed by atoms with Crippen molar-refractivity contribution in [2.24, 2.45) is 5.92 Å². The van der Waals surface area contributed by atoms with Crippen LogP contribution >= 0.6 is 0 Å². The van der Waals surface area contributed by atoms with Gasteiger partial charge in [0.15, 0.2) is 11.5 Å². The third-order valence-corrected chi connectivity index (χ3v) is 4.41. The number of amides is 1. The average molecular weight is 321 g/mol. The zero-order valence-corrected chi connectivity index (χ0v) is 14.3. The van der Waals surface area contributed by atoms with E-state index in [1.807, 2.05) is 12.1 Å². The molecule has 2 rings (SSSR count). The van der Waals surface area contributed by atoms with Gasteiger partial charge in [-0.25, -0.2) is 0 Å². The van der Waals surface area contributed by atoms with E-state index < -0.39 is 0 Å². The molecule has 1 fully saturated rings. The third kappa shape index (κ3) is 4.53. The summed E-state index contributed by atoms with van der Waals surface area (Å²) >= 11 is 0. The van der Waals surface area contributed by atoms with Crippen LogP contribution in [0.3, 0.4) is 0 Å². The Kier molecular flexibility index (Phi) is 6.56. The summed E-state index contributed by atoms with van der Waals surface area (Å²) in [5.41, 5.74) is 1.04. The Morgan fingerprint density at radius 1 is 1.04 bits per heavy atom. The van der Waals surface area contributed by atoms with Crippen LogP contribution in [0, 0.1) is 5.92 Å². The number of hydrogen-bond donors (Lipinski definition) is 1. The molecule has 0 heterocycles. The molecule has 5 heteroatoms. The maximum absolute atomic E-state index is 12.2. The van der Waals surface area contributed by atoms with Crippen molar-refractivity contribution in [1.29, 1.82) is 0 Å². The molecule has 128 valence electrons. The van der Waals surface area contributed by atoms with Crippen LogP contribution < -0.4 is 19.5 Å². The van der Waals surface area contributed by atoms with E-state index in [1.165, 1.54) is 19.3 Å². The topological polar surface area (TPSA) is 56.8 Å². The summed E-state index contributed by atoms with van der Waals surface area (Å²) in [6.45, 7) is 0.619. The van der Waals surface area contributed by atoms with E-state index in [2.05, 4.69) is 5.32 Å². The molecule has 1 aliphatic rings. The second kappa shape index (κ2) is 8.65. The number of ether oxygens (including phenoxy) is 3. The highest BCUT2D eigenvalue weighted by atomic mass is 16.5. The third-order valence-electron chi connectivity index (χ3n) is 4.41. The molecule has 5 nitrogen and oxygen atoms in total. The molecule has 0 radical (unpaired) electrons. The van der Waals surface area contributed by atoms with Gasteiger partial charge in [0.05, 0.1) is 21.3 Å². The Morgan fingerprint density at radius 3 is 2.17 bits per heavy atom. The summed E-state index contributed by atoms with van der Waals surface area (Å²) in [5, 5.41) is 3.05. The Hall–Kier alpha value is -1.91. The van der Waals surface area contributed by atoms with E-state index in [0.29, 0.717) is 23.8 Å².